The van der Waals surface area contributed by atoms with E-state index in [9.17, 15) is 9.90 Å². The van der Waals surface area contributed by atoms with Gasteiger partial charge in [0.25, 0.3) is 5.56 Å². The molecular weight excluding hydrogens is 264 g/mol. The first-order valence-corrected chi connectivity index (χ1v) is 8.01. The molecule has 1 aliphatic rings. The van der Waals surface area contributed by atoms with Crippen molar-refractivity contribution in [3.63, 3.8) is 0 Å². The number of unbranched alkanes of at least 4 members (excludes halogenated alkanes) is 2. The summed E-state index contributed by atoms with van der Waals surface area (Å²) in [5, 5.41) is 10.3. The molecule has 0 spiro atoms. The van der Waals surface area contributed by atoms with Crippen molar-refractivity contribution in [3.05, 3.63) is 33.2 Å². The van der Waals surface area contributed by atoms with Crippen molar-refractivity contribution >= 4 is 0 Å². The average molecular weight is 292 g/mol. The SMILES string of the molecule is CCCCCn1c2c(cc(C(C)(C)O)c1=O)CN(C)CC2. The Morgan fingerprint density at radius 2 is 2.05 bits per heavy atom. The van der Waals surface area contributed by atoms with E-state index in [2.05, 4.69) is 18.9 Å². The number of likely N-dealkylation sites (N-methyl/N-ethyl adjacent to an activating group) is 1. The zero-order valence-electron chi connectivity index (χ0n) is 13.8. The van der Waals surface area contributed by atoms with Crippen LogP contribution in [0, 0.1) is 0 Å². The molecule has 2 heterocycles. The number of hydrogen-bond acceptors (Lipinski definition) is 3. The molecule has 0 saturated heterocycles. The molecule has 1 aliphatic heterocycles. The Morgan fingerprint density at radius 1 is 1.33 bits per heavy atom. The minimum Gasteiger partial charge on any atom is -0.386 e. The lowest BCUT2D eigenvalue weighted by Gasteiger charge is -2.30. The van der Waals surface area contributed by atoms with Crippen molar-refractivity contribution in [3.8, 4) is 0 Å². The second-order valence-corrected chi connectivity index (χ2v) is 6.74. The van der Waals surface area contributed by atoms with Gasteiger partial charge >= 0.3 is 0 Å². The van der Waals surface area contributed by atoms with E-state index in [4.69, 9.17) is 0 Å². The second kappa shape index (κ2) is 6.32. The van der Waals surface area contributed by atoms with E-state index in [-0.39, 0.29) is 5.56 Å². The monoisotopic (exact) mass is 292 g/mol. The maximum absolute atomic E-state index is 12.8. The third kappa shape index (κ3) is 3.55. The van der Waals surface area contributed by atoms with Crippen molar-refractivity contribution in [1.29, 1.82) is 0 Å². The van der Waals surface area contributed by atoms with Crippen LogP contribution in [0.25, 0.3) is 0 Å². The van der Waals surface area contributed by atoms with E-state index in [1.54, 1.807) is 13.8 Å². The van der Waals surface area contributed by atoms with Crippen molar-refractivity contribution < 1.29 is 5.11 Å². The first-order chi connectivity index (χ1) is 9.84. The highest BCUT2D eigenvalue weighted by molar-refractivity contribution is 5.31. The number of aliphatic hydroxyl groups is 1. The second-order valence-electron chi connectivity index (χ2n) is 6.74. The van der Waals surface area contributed by atoms with E-state index < -0.39 is 5.60 Å². The van der Waals surface area contributed by atoms with Gasteiger partial charge < -0.3 is 14.6 Å². The number of pyridine rings is 1. The highest BCUT2D eigenvalue weighted by Crippen LogP contribution is 2.23. The highest BCUT2D eigenvalue weighted by Gasteiger charge is 2.26. The first kappa shape index (κ1) is 16.2. The summed E-state index contributed by atoms with van der Waals surface area (Å²) in [6.45, 7) is 8.16. The van der Waals surface area contributed by atoms with Gasteiger partial charge in [-0.2, -0.15) is 0 Å². The molecule has 0 amide bonds. The zero-order chi connectivity index (χ0) is 15.6. The molecular formula is C17H28N2O2. The molecule has 21 heavy (non-hydrogen) atoms. The minimum absolute atomic E-state index is 0.0121. The van der Waals surface area contributed by atoms with Crippen molar-refractivity contribution in [2.24, 2.45) is 0 Å². The molecule has 0 aliphatic carbocycles. The lowest BCUT2D eigenvalue weighted by atomic mass is 9.94. The van der Waals surface area contributed by atoms with Gasteiger partial charge in [-0.25, -0.2) is 0 Å². The van der Waals surface area contributed by atoms with Gasteiger partial charge in [-0.15, -0.1) is 0 Å². The van der Waals surface area contributed by atoms with E-state index in [0.717, 1.165) is 45.3 Å². The number of fused-ring (bicyclic) bond motifs is 1. The normalized spacial score (nSPS) is 16.0. The Morgan fingerprint density at radius 3 is 2.67 bits per heavy atom. The van der Waals surface area contributed by atoms with E-state index in [1.807, 2.05) is 10.6 Å². The Hall–Kier alpha value is -1.13. The first-order valence-electron chi connectivity index (χ1n) is 8.01. The summed E-state index contributed by atoms with van der Waals surface area (Å²) in [5.41, 5.74) is 1.78. The largest absolute Gasteiger partial charge is 0.386 e. The quantitative estimate of drug-likeness (QED) is 0.847. The summed E-state index contributed by atoms with van der Waals surface area (Å²) in [5.74, 6) is 0. The van der Waals surface area contributed by atoms with Gasteiger partial charge in [0.1, 0.15) is 0 Å². The summed E-state index contributed by atoms with van der Waals surface area (Å²) in [4.78, 5) is 15.0. The van der Waals surface area contributed by atoms with E-state index in [1.165, 1.54) is 11.3 Å². The lowest BCUT2D eigenvalue weighted by molar-refractivity contribution is 0.0760. The number of rotatable bonds is 5. The molecule has 4 heteroatoms. The van der Waals surface area contributed by atoms with Gasteiger partial charge in [-0.1, -0.05) is 19.8 Å². The molecule has 0 bridgehead atoms. The predicted molar refractivity (Wildman–Crippen MR) is 85.5 cm³/mol. The Balaban J connectivity index is 2.49. The highest BCUT2D eigenvalue weighted by atomic mass is 16.3. The van der Waals surface area contributed by atoms with E-state index >= 15 is 0 Å². The van der Waals surface area contributed by atoms with Crippen molar-refractivity contribution in [2.45, 2.75) is 65.1 Å². The van der Waals surface area contributed by atoms with Crippen LogP contribution in [0.1, 0.15) is 56.9 Å². The molecule has 1 aromatic rings. The zero-order valence-corrected chi connectivity index (χ0v) is 13.8. The predicted octanol–water partition coefficient (Wildman–Crippen LogP) is 2.25. The molecule has 4 nitrogen and oxygen atoms in total. The molecule has 0 unspecified atom stereocenters. The summed E-state index contributed by atoms with van der Waals surface area (Å²) in [6, 6.07) is 1.92. The van der Waals surface area contributed by atoms with Gasteiger partial charge in [-0.05, 0) is 38.9 Å². The standard InChI is InChI=1S/C17H28N2O2/c1-5-6-7-9-19-15-8-10-18(4)12-13(15)11-14(16(19)20)17(2,3)21/h11,21H,5-10,12H2,1-4H3. The van der Waals surface area contributed by atoms with Crippen LogP contribution in [0.3, 0.4) is 0 Å². The Kier molecular flexibility index (Phi) is 4.89. The summed E-state index contributed by atoms with van der Waals surface area (Å²) < 4.78 is 1.92. The number of aromatic nitrogens is 1. The van der Waals surface area contributed by atoms with Crippen LogP contribution < -0.4 is 5.56 Å². The van der Waals surface area contributed by atoms with Gasteiger partial charge in [0.05, 0.1) is 5.60 Å². The molecule has 0 atom stereocenters. The third-order valence-electron chi connectivity index (χ3n) is 4.31. The maximum Gasteiger partial charge on any atom is 0.256 e. The summed E-state index contributed by atoms with van der Waals surface area (Å²) in [7, 11) is 2.10. The van der Waals surface area contributed by atoms with Crippen LogP contribution in [0.2, 0.25) is 0 Å². The molecule has 0 aromatic carbocycles. The molecule has 0 saturated carbocycles. The molecule has 0 fully saturated rings. The number of nitrogens with zero attached hydrogens (tertiary/aromatic N) is 2. The van der Waals surface area contributed by atoms with Crippen LogP contribution in [0.15, 0.2) is 10.9 Å². The average Bonchev–Trinajstić information content (AvgIpc) is 2.39. The fourth-order valence-corrected chi connectivity index (χ4v) is 3.05. The van der Waals surface area contributed by atoms with Crippen LogP contribution in [-0.2, 0) is 25.1 Å². The lowest BCUT2D eigenvalue weighted by Crippen LogP contribution is -2.38. The Bertz CT molecular complexity index is 555. The minimum atomic E-state index is -1.09. The fraction of sp³-hybridized carbons (Fsp3) is 0.706. The molecule has 2 rings (SSSR count). The van der Waals surface area contributed by atoms with E-state index in [0.29, 0.717) is 5.56 Å². The maximum atomic E-state index is 12.8. The van der Waals surface area contributed by atoms with Crippen LogP contribution in [0.4, 0.5) is 0 Å². The van der Waals surface area contributed by atoms with Crippen LogP contribution in [0.5, 0.6) is 0 Å². The molecule has 1 aromatic heterocycles. The Labute approximate surface area is 127 Å². The summed E-state index contributed by atoms with van der Waals surface area (Å²) >= 11 is 0. The smallest absolute Gasteiger partial charge is 0.256 e. The molecule has 0 radical (unpaired) electrons. The van der Waals surface area contributed by atoms with Crippen molar-refractivity contribution in [1.82, 2.24) is 9.47 Å². The molecule has 1 N–H and O–H groups in total. The van der Waals surface area contributed by atoms with Gasteiger partial charge in [-0.3, -0.25) is 4.79 Å². The van der Waals surface area contributed by atoms with Gasteiger partial charge in [0.15, 0.2) is 0 Å². The third-order valence-corrected chi connectivity index (χ3v) is 4.31. The fourth-order valence-electron chi connectivity index (χ4n) is 3.05. The van der Waals surface area contributed by atoms with Gasteiger partial charge in [0, 0.05) is 37.3 Å². The summed E-state index contributed by atoms with van der Waals surface area (Å²) in [6.07, 6.45) is 4.21. The van der Waals surface area contributed by atoms with Crippen LogP contribution >= 0.6 is 0 Å². The molecule has 118 valence electrons. The van der Waals surface area contributed by atoms with Crippen molar-refractivity contribution in [2.75, 3.05) is 13.6 Å². The van der Waals surface area contributed by atoms with Crippen LogP contribution in [-0.4, -0.2) is 28.2 Å². The topological polar surface area (TPSA) is 45.5 Å². The van der Waals surface area contributed by atoms with Gasteiger partial charge in [0.2, 0.25) is 0 Å². The number of hydrogen-bond donors (Lipinski definition) is 1.